The van der Waals surface area contributed by atoms with Gasteiger partial charge in [-0.2, -0.15) is 0 Å². The van der Waals surface area contributed by atoms with Crippen LogP contribution in [0.25, 0.3) is 22.0 Å². The molecule has 0 atom stereocenters. The van der Waals surface area contributed by atoms with Gasteiger partial charge in [-0.05, 0) is 34.9 Å². The molecule has 0 aliphatic rings. The van der Waals surface area contributed by atoms with Gasteiger partial charge in [0.25, 0.3) is 5.70 Å². The maximum Gasteiger partial charge on any atom is 0.333 e. The number of rotatable bonds is 4. The Labute approximate surface area is 122 Å². The largest absolute Gasteiger partial charge is 0.497 e. The molecule has 2 aromatic rings. The van der Waals surface area contributed by atoms with Crippen molar-refractivity contribution in [3.63, 3.8) is 0 Å². The number of carboxylic acid groups (broad SMARTS) is 1. The van der Waals surface area contributed by atoms with Crippen LogP contribution in [0, 0.1) is 6.57 Å². The van der Waals surface area contributed by atoms with Crippen molar-refractivity contribution in [2.24, 2.45) is 0 Å². The molecule has 1 N–H and O–H groups in total. The minimum atomic E-state index is -1.22. The van der Waals surface area contributed by atoms with Gasteiger partial charge in [0.2, 0.25) is 0 Å². The lowest BCUT2D eigenvalue weighted by Gasteiger charge is -2.04. The van der Waals surface area contributed by atoms with Gasteiger partial charge in [-0.15, -0.1) is 0 Å². The summed E-state index contributed by atoms with van der Waals surface area (Å²) in [6, 6.07) is 15.0. The van der Waals surface area contributed by atoms with Crippen molar-refractivity contribution in [2.45, 2.75) is 0 Å². The molecule has 21 heavy (non-hydrogen) atoms. The van der Waals surface area contributed by atoms with Crippen LogP contribution < -0.4 is 4.74 Å². The smallest absolute Gasteiger partial charge is 0.333 e. The van der Waals surface area contributed by atoms with Crippen molar-refractivity contribution >= 4 is 12.0 Å². The zero-order chi connectivity index (χ0) is 15.2. The van der Waals surface area contributed by atoms with E-state index >= 15 is 0 Å². The van der Waals surface area contributed by atoms with Crippen LogP contribution in [-0.2, 0) is 4.79 Å². The van der Waals surface area contributed by atoms with Gasteiger partial charge in [-0.25, -0.2) is 4.85 Å². The van der Waals surface area contributed by atoms with Crippen molar-refractivity contribution in [2.75, 3.05) is 7.11 Å². The Kier molecular flexibility index (Phi) is 4.37. The van der Waals surface area contributed by atoms with Crippen LogP contribution in [0.2, 0.25) is 0 Å². The average molecular weight is 279 g/mol. The van der Waals surface area contributed by atoms with Gasteiger partial charge in [-0.3, -0.25) is 4.79 Å². The molecule has 0 unspecified atom stereocenters. The van der Waals surface area contributed by atoms with Gasteiger partial charge < -0.3 is 9.84 Å². The second kappa shape index (κ2) is 6.40. The van der Waals surface area contributed by atoms with E-state index < -0.39 is 5.97 Å². The Bertz CT molecular complexity index is 707. The van der Waals surface area contributed by atoms with Crippen molar-refractivity contribution in [3.8, 4) is 16.9 Å². The quantitative estimate of drug-likeness (QED) is 0.685. The third-order valence-electron chi connectivity index (χ3n) is 2.98. The van der Waals surface area contributed by atoms with Crippen molar-refractivity contribution in [1.29, 1.82) is 0 Å². The molecule has 2 rings (SSSR count). The molecule has 0 bridgehead atoms. The van der Waals surface area contributed by atoms with E-state index in [1.807, 2.05) is 36.4 Å². The number of benzene rings is 2. The van der Waals surface area contributed by atoms with Crippen LogP contribution in [0.4, 0.5) is 0 Å². The zero-order valence-corrected chi connectivity index (χ0v) is 11.4. The van der Waals surface area contributed by atoms with Crippen LogP contribution in [0.1, 0.15) is 5.56 Å². The number of carboxylic acids is 1. The fourth-order valence-corrected chi connectivity index (χ4v) is 1.85. The molecule has 0 fully saturated rings. The summed E-state index contributed by atoms with van der Waals surface area (Å²) in [6.07, 6.45) is 1.35. The van der Waals surface area contributed by atoms with Crippen LogP contribution in [0.15, 0.2) is 54.2 Å². The highest BCUT2D eigenvalue weighted by atomic mass is 16.5. The molecule has 0 saturated carbocycles. The van der Waals surface area contributed by atoms with E-state index in [0.717, 1.165) is 16.9 Å². The first-order chi connectivity index (χ1) is 10.1. The lowest BCUT2D eigenvalue weighted by molar-refractivity contribution is -0.132. The standard InChI is InChI=1S/C17H13NO3/c1-18-16(17(19)20)11-12-3-5-13(6-4-12)14-7-9-15(21-2)10-8-14/h3-11H,2H3,(H,19,20)/b16-11-. The highest BCUT2D eigenvalue weighted by Gasteiger charge is 2.06. The molecule has 0 radical (unpaired) electrons. The van der Waals surface area contributed by atoms with Gasteiger partial charge in [-0.1, -0.05) is 36.4 Å². The normalized spacial score (nSPS) is 10.8. The van der Waals surface area contributed by atoms with Gasteiger partial charge in [0.1, 0.15) is 5.75 Å². The molecular formula is C17H13NO3. The molecule has 0 aliphatic carbocycles. The average Bonchev–Trinajstić information content (AvgIpc) is 2.53. The van der Waals surface area contributed by atoms with Gasteiger partial charge in [0.05, 0.1) is 13.7 Å². The van der Waals surface area contributed by atoms with Crippen LogP contribution in [-0.4, -0.2) is 18.2 Å². The first-order valence-corrected chi connectivity index (χ1v) is 6.21. The third-order valence-corrected chi connectivity index (χ3v) is 2.98. The van der Waals surface area contributed by atoms with Gasteiger partial charge >= 0.3 is 5.97 Å². The van der Waals surface area contributed by atoms with Crippen LogP contribution in [0.3, 0.4) is 0 Å². The van der Waals surface area contributed by atoms with E-state index in [1.54, 1.807) is 19.2 Å². The SMILES string of the molecule is [C-]#[N+]/C(=C\c1ccc(-c2ccc(OC)cc2)cc1)C(=O)O. The number of hydrogen-bond donors (Lipinski definition) is 1. The first kappa shape index (κ1) is 14.4. The minimum absolute atomic E-state index is 0.299. The maximum absolute atomic E-state index is 10.8. The molecule has 0 saturated heterocycles. The number of ether oxygens (including phenoxy) is 1. The number of hydrogen-bond acceptors (Lipinski definition) is 2. The highest BCUT2D eigenvalue weighted by molar-refractivity contribution is 5.94. The predicted molar refractivity (Wildman–Crippen MR) is 80.6 cm³/mol. The summed E-state index contributed by atoms with van der Waals surface area (Å²) >= 11 is 0. The summed E-state index contributed by atoms with van der Waals surface area (Å²) in [5, 5.41) is 8.82. The van der Waals surface area contributed by atoms with E-state index in [9.17, 15) is 4.79 Å². The summed E-state index contributed by atoms with van der Waals surface area (Å²) in [5.41, 5.74) is 2.43. The molecular weight excluding hydrogens is 266 g/mol. The summed E-state index contributed by atoms with van der Waals surface area (Å²) in [4.78, 5) is 13.8. The van der Waals surface area contributed by atoms with E-state index in [0.29, 0.717) is 5.56 Å². The lowest BCUT2D eigenvalue weighted by Crippen LogP contribution is -1.95. The van der Waals surface area contributed by atoms with E-state index in [2.05, 4.69) is 4.85 Å². The van der Waals surface area contributed by atoms with Crippen LogP contribution >= 0.6 is 0 Å². The molecule has 0 amide bonds. The fraction of sp³-hybridized carbons (Fsp3) is 0.0588. The minimum Gasteiger partial charge on any atom is -0.497 e. The Balaban J connectivity index is 2.26. The predicted octanol–water partition coefficient (Wildman–Crippen LogP) is 3.71. The highest BCUT2D eigenvalue weighted by Crippen LogP contribution is 2.23. The molecule has 0 aliphatic heterocycles. The summed E-state index contributed by atoms with van der Waals surface area (Å²) in [7, 11) is 1.62. The van der Waals surface area contributed by atoms with E-state index in [1.165, 1.54) is 6.08 Å². The Morgan fingerprint density at radius 3 is 2.05 bits per heavy atom. The summed E-state index contributed by atoms with van der Waals surface area (Å²) in [5.74, 6) is -0.425. The molecule has 104 valence electrons. The number of carbonyl (C=O) groups is 1. The maximum atomic E-state index is 10.8. The Hall–Kier alpha value is -3.06. The molecule has 0 heterocycles. The zero-order valence-electron chi connectivity index (χ0n) is 11.4. The van der Waals surface area contributed by atoms with Crippen LogP contribution in [0.5, 0.6) is 5.75 Å². The monoisotopic (exact) mass is 279 g/mol. The van der Waals surface area contributed by atoms with Gasteiger partial charge in [0, 0.05) is 0 Å². The number of methoxy groups -OCH3 is 1. The molecule has 4 heteroatoms. The van der Waals surface area contributed by atoms with Crippen molar-refractivity contribution in [1.82, 2.24) is 0 Å². The number of nitrogens with zero attached hydrogens (tertiary/aromatic N) is 1. The Morgan fingerprint density at radius 2 is 1.62 bits per heavy atom. The second-order valence-electron chi connectivity index (χ2n) is 4.30. The molecule has 2 aromatic carbocycles. The number of aliphatic carboxylic acids is 1. The fourth-order valence-electron chi connectivity index (χ4n) is 1.85. The third kappa shape index (κ3) is 3.48. The van der Waals surface area contributed by atoms with E-state index in [4.69, 9.17) is 16.4 Å². The molecule has 0 spiro atoms. The summed E-state index contributed by atoms with van der Waals surface area (Å²) < 4.78 is 5.11. The Morgan fingerprint density at radius 1 is 1.10 bits per heavy atom. The first-order valence-electron chi connectivity index (χ1n) is 6.21. The molecule has 0 aromatic heterocycles. The topological polar surface area (TPSA) is 50.9 Å². The van der Waals surface area contributed by atoms with Crippen molar-refractivity contribution < 1.29 is 14.6 Å². The van der Waals surface area contributed by atoms with Gasteiger partial charge in [0.15, 0.2) is 0 Å². The lowest BCUT2D eigenvalue weighted by atomic mass is 10.0. The van der Waals surface area contributed by atoms with Crippen molar-refractivity contribution in [3.05, 3.63) is 71.2 Å². The molecule has 4 nitrogen and oxygen atoms in total. The second-order valence-corrected chi connectivity index (χ2v) is 4.30. The summed E-state index contributed by atoms with van der Waals surface area (Å²) in [6.45, 7) is 6.82. The van der Waals surface area contributed by atoms with E-state index in [-0.39, 0.29) is 5.70 Å².